The summed E-state index contributed by atoms with van der Waals surface area (Å²) in [6, 6.07) is 3.96. The molecule has 106 valence electrons. The molecule has 3 nitrogen and oxygen atoms in total. The van der Waals surface area contributed by atoms with E-state index in [1.165, 1.54) is 0 Å². The van der Waals surface area contributed by atoms with Crippen LogP contribution in [0.4, 0.5) is 5.69 Å². The van der Waals surface area contributed by atoms with Crippen molar-refractivity contribution in [2.75, 3.05) is 5.73 Å². The summed E-state index contributed by atoms with van der Waals surface area (Å²) in [5.74, 6) is 2.64. The normalized spacial score (nSPS) is 19.9. The van der Waals surface area contributed by atoms with E-state index in [1.54, 1.807) is 0 Å². The van der Waals surface area contributed by atoms with E-state index in [9.17, 15) is 0 Å². The summed E-state index contributed by atoms with van der Waals surface area (Å²) in [4.78, 5) is 0. The second kappa shape index (κ2) is 4.84. The first-order chi connectivity index (χ1) is 9.18. The zero-order chi connectivity index (χ0) is 15.1. The number of anilines is 1. The van der Waals surface area contributed by atoms with Gasteiger partial charge in [-0.3, -0.25) is 0 Å². The van der Waals surface area contributed by atoms with Gasteiger partial charge in [0.1, 0.15) is 0 Å². The summed E-state index contributed by atoms with van der Waals surface area (Å²) in [6.45, 7) is 10.1. The van der Waals surface area contributed by atoms with Crippen LogP contribution in [0.1, 0.15) is 38.8 Å². The molecular weight excluding hydrogens is 249 g/mol. The van der Waals surface area contributed by atoms with Crippen LogP contribution >= 0.6 is 0 Å². The third kappa shape index (κ3) is 2.44. The molecule has 0 aliphatic carbocycles. The lowest BCUT2D eigenvalue weighted by Gasteiger charge is -2.32. The van der Waals surface area contributed by atoms with Crippen molar-refractivity contribution in [3.63, 3.8) is 0 Å². The highest BCUT2D eigenvalue weighted by molar-refractivity contribution is 6.62. The lowest BCUT2D eigenvalue weighted by molar-refractivity contribution is 0.00578. The highest BCUT2D eigenvalue weighted by atomic mass is 16.7. The molecule has 0 amide bonds. The van der Waals surface area contributed by atoms with Gasteiger partial charge in [-0.05, 0) is 57.3 Å². The van der Waals surface area contributed by atoms with Crippen molar-refractivity contribution in [1.82, 2.24) is 0 Å². The average molecular weight is 271 g/mol. The Morgan fingerprint density at radius 2 is 1.75 bits per heavy atom. The Kier molecular flexibility index (Phi) is 3.62. The van der Waals surface area contributed by atoms with Gasteiger partial charge in [0.25, 0.3) is 0 Å². The van der Waals surface area contributed by atoms with Gasteiger partial charge in [0.2, 0.25) is 0 Å². The molecule has 0 radical (unpaired) electrons. The molecule has 4 heteroatoms. The Labute approximate surface area is 122 Å². The largest absolute Gasteiger partial charge is 0.495 e. The molecule has 1 aliphatic rings. The van der Waals surface area contributed by atoms with Crippen LogP contribution in [0.15, 0.2) is 12.1 Å². The standard InChI is InChI=1S/C16H22BNO2/c1-7-8-12-9-13(11(2)14(18)10-12)17-19-15(3,4)16(5,6)20-17/h1,9-10H,8,18H2,2-6H3. The minimum Gasteiger partial charge on any atom is -0.399 e. The molecule has 1 heterocycles. The fraction of sp³-hybridized carbons (Fsp3) is 0.500. The number of hydrogen-bond acceptors (Lipinski definition) is 3. The van der Waals surface area contributed by atoms with Crippen molar-refractivity contribution in [2.45, 2.75) is 52.2 Å². The first-order valence-electron chi connectivity index (χ1n) is 6.86. The molecule has 0 spiro atoms. The number of terminal acetylenes is 1. The second-order valence-electron chi connectivity index (χ2n) is 6.37. The predicted molar refractivity (Wildman–Crippen MR) is 83.8 cm³/mol. The van der Waals surface area contributed by atoms with E-state index in [1.807, 2.05) is 46.8 Å². The van der Waals surface area contributed by atoms with Crippen LogP contribution in [0, 0.1) is 19.3 Å². The summed E-state index contributed by atoms with van der Waals surface area (Å²) in [5.41, 5.74) is 9.05. The van der Waals surface area contributed by atoms with E-state index in [4.69, 9.17) is 21.5 Å². The van der Waals surface area contributed by atoms with Gasteiger partial charge in [-0.2, -0.15) is 0 Å². The van der Waals surface area contributed by atoms with Gasteiger partial charge >= 0.3 is 7.12 Å². The van der Waals surface area contributed by atoms with Crippen LogP contribution in [0.25, 0.3) is 0 Å². The maximum absolute atomic E-state index is 6.09. The minimum atomic E-state index is -0.403. The SMILES string of the molecule is C#CCc1cc(N)c(C)c(B2OC(C)(C)C(C)(C)O2)c1. The van der Waals surface area contributed by atoms with Crippen LogP contribution in [-0.2, 0) is 15.7 Å². The molecule has 0 unspecified atom stereocenters. The van der Waals surface area contributed by atoms with Gasteiger partial charge < -0.3 is 15.0 Å². The molecule has 0 atom stereocenters. The topological polar surface area (TPSA) is 44.5 Å². The Morgan fingerprint density at radius 3 is 2.25 bits per heavy atom. The molecule has 20 heavy (non-hydrogen) atoms. The molecule has 2 N–H and O–H groups in total. The van der Waals surface area contributed by atoms with Crippen molar-refractivity contribution >= 4 is 18.3 Å². The van der Waals surface area contributed by atoms with E-state index < -0.39 is 7.12 Å². The summed E-state index contributed by atoms with van der Waals surface area (Å²) in [7, 11) is -0.403. The van der Waals surface area contributed by atoms with Crippen LogP contribution in [0.3, 0.4) is 0 Å². The minimum absolute atomic E-state index is 0.360. The highest BCUT2D eigenvalue weighted by Crippen LogP contribution is 2.37. The van der Waals surface area contributed by atoms with Crippen LogP contribution in [-0.4, -0.2) is 18.3 Å². The van der Waals surface area contributed by atoms with Gasteiger partial charge in [-0.1, -0.05) is 6.07 Å². The third-order valence-corrected chi connectivity index (χ3v) is 4.36. The molecular formula is C16H22BNO2. The first-order valence-corrected chi connectivity index (χ1v) is 6.86. The second-order valence-corrected chi connectivity index (χ2v) is 6.37. The Bertz CT molecular complexity index is 557. The maximum Gasteiger partial charge on any atom is 0.495 e. The van der Waals surface area contributed by atoms with Gasteiger partial charge in [0, 0.05) is 12.1 Å². The fourth-order valence-electron chi connectivity index (χ4n) is 2.26. The number of hydrogen-bond donors (Lipinski definition) is 1. The molecule has 2 rings (SSSR count). The van der Waals surface area contributed by atoms with Crippen molar-refractivity contribution in [3.8, 4) is 12.3 Å². The van der Waals surface area contributed by atoms with Gasteiger partial charge in [-0.25, -0.2) is 0 Å². The number of rotatable bonds is 2. The quantitative estimate of drug-likeness (QED) is 0.508. The molecule has 1 saturated heterocycles. The third-order valence-electron chi connectivity index (χ3n) is 4.36. The Balaban J connectivity index is 2.42. The average Bonchev–Trinajstić information content (AvgIpc) is 2.53. The molecule has 0 bridgehead atoms. The number of nitrogen functional groups attached to an aromatic ring is 1. The fourth-order valence-corrected chi connectivity index (χ4v) is 2.26. The summed E-state index contributed by atoms with van der Waals surface area (Å²) >= 11 is 0. The highest BCUT2D eigenvalue weighted by Gasteiger charge is 2.52. The van der Waals surface area contributed by atoms with Crippen LogP contribution in [0.2, 0.25) is 0 Å². The Morgan fingerprint density at radius 1 is 1.20 bits per heavy atom. The van der Waals surface area contributed by atoms with Crippen molar-refractivity contribution in [2.24, 2.45) is 0 Å². The summed E-state index contributed by atoms with van der Waals surface area (Å²) in [5, 5.41) is 0. The predicted octanol–water partition coefficient (Wildman–Crippen LogP) is 2.05. The van der Waals surface area contributed by atoms with Crippen molar-refractivity contribution in [3.05, 3.63) is 23.3 Å². The van der Waals surface area contributed by atoms with Gasteiger partial charge in [0.15, 0.2) is 0 Å². The lowest BCUT2D eigenvalue weighted by atomic mass is 9.75. The van der Waals surface area contributed by atoms with E-state index >= 15 is 0 Å². The van der Waals surface area contributed by atoms with Gasteiger partial charge in [0.05, 0.1) is 11.2 Å². The first kappa shape index (κ1) is 15.0. The van der Waals surface area contributed by atoms with E-state index in [0.717, 1.165) is 22.3 Å². The molecule has 1 aromatic carbocycles. The molecule has 1 aromatic rings. The molecule has 0 aromatic heterocycles. The zero-order valence-corrected chi connectivity index (χ0v) is 12.9. The molecule has 0 saturated carbocycles. The summed E-state index contributed by atoms with van der Waals surface area (Å²) < 4.78 is 12.2. The number of benzene rings is 1. The van der Waals surface area contributed by atoms with E-state index in [2.05, 4.69) is 5.92 Å². The smallest absolute Gasteiger partial charge is 0.399 e. The van der Waals surface area contributed by atoms with Crippen molar-refractivity contribution in [1.29, 1.82) is 0 Å². The number of nitrogens with two attached hydrogens (primary N) is 1. The zero-order valence-electron chi connectivity index (χ0n) is 12.9. The van der Waals surface area contributed by atoms with E-state index in [-0.39, 0.29) is 11.2 Å². The van der Waals surface area contributed by atoms with Gasteiger partial charge in [-0.15, -0.1) is 12.3 Å². The molecule has 1 aliphatic heterocycles. The maximum atomic E-state index is 6.09. The van der Waals surface area contributed by atoms with Crippen molar-refractivity contribution < 1.29 is 9.31 Å². The lowest BCUT2D eigenvalue weighted by Crippen LogP contribution is -2.41. The Hall–Kier alpha value is -1.44. The van der Waals surface area contributed by atoms with Crippen LogP contribution < -0.4 is 11.2 Å². The van der Waals surface area contributed by atoms with E-state index in [0.29, 0.717) is 6.42 Å². The summed E-state index contributed by atoms with van der Waals surface area (Å²) in [6.07, 6.45) is 5.94. The monoisotopic (exact) mass is 271 g/mol. The molecule has 1 fully saturated rings. The van der Waals surface area contributed by atoms with Crippen LogP contribution in [0.5, 0.6) is 0 Å².